The first kappa shape index (κ1) is 12.3. The van der Waals surface area contributed by atoms with E-state index in [0.717, 1.165) is 0 Å². The molecular formula is C11H15NO2. The molecule has 0 aromatic rings. The van der Waals surface area contributed by atoms with Crippen LogP contribution >= 0.6 is 0 Å². The maximum Gasteiger partial charge on any atom is 0.414 e. The van der Waals surface area contributed by atoms with Crippen molar-refractivity contribution in [3.63, 3.8) is 0 Å². The molecule has 0 aliphatic rings. The monoisotopic (exact) mass is 193 g/mol. The molecule has 3 heteroatoms. The fourth-order valence-electron chi connectivity index (χ4n) is 0.730. The van der Waals surface area contributed by atoms with Crippen LogP contribution in [0.2, 0.25) is 0 Å². The van der Waals surface area contributed by atoms with Gasteiger partial charge in [-0.05, 0) is 19.1 Å². The van der Waals surface area contributed by atoms with Gasteiger partial charge in [-0.25, -0.2) is 4.79 Å². The number of carbonyl (C=O) groups excluding carboxylic acids is 1. The SMILES string of the molecule is C=C=CCN(/C=C/C=C)C(=O)OCC. The molecule has 76 valence electrons. The third-order valence-electron chi connectivity index (χ3n) is 1.34. The molecule has 0 spiro atoms. The summed E-state index contributed by atoms with van der Waals surface area (Å²) in [6, 6.07) is 0. The molecule has 0 rings (SSSR count). The Morgan fingerprint density at radius 2 is 2.36 bits per heavy atom. The van der Waals surface area contributed by atoms with E-state index in [4.69, 9.17) is 4.74 Å². The molecule has 0 bridgehead atoms. The van der Waals surface area contributed by atoms with Crippen molar-refractivity contribution in [3.05, 3.63) is 43.3 Å². The van der Waals surface area contributed by atoms with Crippen molar-refractivity contribution in [2.75, 3.05) is 13.2 Å². The van der Waals surface area contributed by atoms with E-state index in [1.165, 1.54) is 4.90 Å². The first-order valence-corrected chi connectivity index (χ1v) is 4.33. The third kappa shape index (κ3) is 5.01. The highest BCUT2D eigenvalue weighted by molar-refractivity contribution is 5.69. The van der Waals surface area contributed by atoms with Crippen LogP contribution in [-0.2, 0) is 4.74 Å². The van der Waals surface area contributed by atoms with Gasteiger partial charge >= 0.3 is 6.09 Å². The summed E-state index contributed by atoms with van der Waals surface area (Å²) < 4.78 is 4.83. The second-order valence-corrected chi connectivity index (χ2v) is 2.34. The summed E-state index contributed by atoms with van der Waals surface area (Å²) in [6.45, 7) is 9.44. The smallest absolute Gasteiger partial charge is 0.414 e. The highest BCUT2D eigenvalue weighted by Crippen LogP contribution is 1.96. The van der Waals surface area contributed by atoms with Crippen LogP contribution in [0.3, 0.4) is 0 Å². The molecule has 3 nitrogen and oxygen atoms in total. The first-order chi connectivity index (χ1) is 6.76. The van der Waals surface area contributed by atoms with Crippen molar-refractivity contribution in [2.24, 2.45) is 0 Å². The lowest BCUT2D eigenvalue weighted by Crippen LogP contribution is -2.26. The summed E-state index contributed by atoms with van der Waals surface area (Å²) in [5, 5.41) is 0. The van der Waals surface area contributed by atoms with Gasteiger partial charge in [0.15, 0.2) is 0 Å². The largest absolute Gasteiger partial charge is 0.449 e. The number of hydrogen-bond donors (Lipinski definition) is 0. The second-order valence-electron chi connectivity index (χ2n) is 2.34. The predicted molar refractivity (Wildman–Crippen MR) is 56.8 cm³/mol. The van der Waals surface area contributed by atoms with E-state index in [1.807, 2.05) is 0 Å². The molecule has 1 amide bonds. The molecule has 0 saturated carbocycles. The summed E-state index contributed by atoms with van der Waals surface area (Å²) >= 11 is 0. The Hall–Kier alpha value is -1.73. The van der Waals surface area contributed by atoms with Gasteiger partial charge in [0.1, 0.15) is 0 Å². The Morgan fingerprint density at radius 1 is 1.64 bits per heavy atom. The van der Waals surface area contributed by atoms with Gasteiger partial charge in [0.05, 0.1) is 13.2 Å². The van der Waals surface area contributed by atoms with E-state index in [1.54, 1.807) is 31.4 Å². The summed E-state index contributed by atoms with van der Waals surface area (Å²) in [6.07, 6.45) is 6.10. The maximum atomic E-state index is 11.3. The molecule has 0 fully saturated rings. The minimum Gasteiger partial charge on any atom is -0.449 e. The van der Waals surface area contributed by atoms with Crippen LogP contribution < -0.4 is 0 Å². The molecule has 0 aliphatic carbocycles. The number of rotatable bonds is 5. The van der Waals surface area contributed by atoms with Crippen LogP contribution in [0.25, 0.3) is 0 Å². The number of hydrogen-bond acceptors (Lipinski definition) is 2. The summed E-state index contributed by atoms with van der Waals surface area (Å²) in [5.74, 6) is 0. The fourth-order valence-corrected chi connectivity index (χ4v) is 0.730. The molecule has 14 heavy (non-hydrogen) atoms. The highest BCUT2D eigenvalue weighted by atomic mass is 16.6. The normalized spacial score (nSPS) is 9.21. The van der Waals surface area contributed by atoms with Gasteiger partial charge in [0, 0.05) is 6.20 Å². The Kier molecular flexibility index (Phi) is 6.92. The van der Waals surface area contributed by atoms with Gasteiger partial charge in [0.25, 0.3) is 0 Å². The van der Waals surface area contributed by atoms with Gasteiger partial charge in [0.2, 0.25) is 0 Å². The summed E-state index contributed by atoms with van der Waals surface area (Å²) in [7, 11) is 0. The molecule has 0 heterocycles. The molecule has 0 unspecified atom stereocenters. The van der Waals surface area contributed by atoms with E-state index in [2.05, 4.69) is 18.9 Å². The minimum absolute atomic E-state index is 0.356. The molecule has 0 atom stereocenters. The Labute approximate surface area is 84.7 Å². The van der Waals surface area contributed by atoms with Crippen LogP contribution in [0, 0.1) is 0 Å². The molecular weight excluding hydrogens is 178 g/mol. The van der Waals surface area contributed by atoms with Crippen LogP contribution in [0.1, 0.15) is 6.92 Å². The molecule has 0 aliphatic heterocycles. The topological polar surface area (TPSA) is 29.5 Å². The standard InChI is InChI=1S/C11H15NO2/c1-4-7-9-12(10-8-5-2)11(13)14-6-3/h4,7-9H,1-2,6,10H2,3H3/b9-7+. The van der Waals surface area contributed by atoms with Crippen molar-refractivity contribution in [3.8, 4) is 0 Å². The van der Waals surface area contributed by atoms with Crippen molar-refractivity contribution in [1.82, 2.24) is 4.90 Å². The van der Waals surface area contributed by atoms with E-state index in [9.17, 15) is 4.79 Å². The van der Waals surface area contributed by atoms with Crippen LogP contribution in [0.4, 0.5) is 4.79 Å². The van der Waals surface area contributed by atoms with Gasteiger partial charge in [-0.1, -0.05) is 19.2 Å². The Morgan fingerprint density at radius 3 is 2.86 bits per heavy atom. The van der Waals surface area contributed by atoms with Crippen LogP contribution in [0.5, 0.6) is 0 Å². The predicted octanol–water partition coefficient (Wildman–Crippen LogP) is 2.49. The Balaban J connectivity index is 4.36. The average molecular weight is 193 g/mol. The zero-order valence-corrected chi connectivity index (χ0v) is 8.40. The quantitative estimate of drug-likeness (QED) is 0.496. The minimum atomic E-state index is -0.392. The van der Waals surface area contributed by atoms with Gasteiger partial charge < -0.3 is 4.74 Å². The molecule has 0 N–H and O–H groups in total. The van der Waals surface area contributed by atoms with E-state index in [0.29, 0.717) is 13.2 Å². The van der Waals surface area contributed by atoms with Crippen LogP contribution in [-0.4, -0.2) is 24.1 Å². The average Bonchev–Trinajstić information content (AvgIpc) is 2.18. The summed E-state index contributed by atoms with van der Waals surface area (Å²) in [5.41, 5.74) is 2.59. The number of nitrogens with zero attached hydrogens (tertiary/aromatic N) is 1. The number of carbonyl (C=O) groups is 1. The molecule has 0 aromatic heterocycles. The number of ether oxygens (including phenoxy) is 1. The van der Waals surface area contributed by atoms with Gasteiger partial charge in [-0.3, -0.25) is 4.90 Å². The van der Waals surface area contributed by atoms with Crippen molar-refractivity contribution in [2.45, 2.75) is 6.92 Å². The second kappa shape index (κ2) is 7.90. The zero-order valence-electron chi connectivity index (χ0n) is 8.40. The Bertz CT molecular complexity index is 262. The third-order valence-corrected chi connectivity index (χ3v) is 1.34. The van der Waals surface area contributed by atoms with Gasteiger partial charge in [-0.2, -0.15) is 0 Å². The van der Waals surface area contributed by atoms with Crippen LogP contribution in [0.15, 0.2) is 43.3 Å². The van der Waals surface area contributed by atoms with E-state index in [-0.39, 0.29) is 0 Å². The fraction of sp³-hybridized carbons (Fsp3) is 0.273. The van der Waals surface area contributed by atoms with Crippen molar-refractivity contribution >= 4 is 6.09 Å². The van der Waals surface area contributed by atoms with Crippen molar-refractivity contribution in [1.29, 1.82) is 0 Å². The summed E-state index contributed by atoms with van der Waals surface area (Å²) in [4.78, 5) is 12.7. The van der Waals surface area contributed by atoms with Crippen molar-refractivity contribution < 1.29 is 9.53 Å². The lowest BCUT2D eigenvalue weighted by atomic mass is 10.5. The van der Waals surface area contributed by atoms with E-state index < -0.39 is 6.09 Å². The molecule has 0 radical (unpaired) electrons. The number of allylic oxidation sites excluding steroid dienone is 2. The lowest BCUT2D eigenvalue weighted by molar-refractivity contribution is 0.125. The maximum absolute atomic E-state index is 11.3. The van der Waals surface area contributed by atoms with E-state index >= 15 is 0 Å². The first-order valence-electron chi connectivity index (χ1n) is 4.33. The highest BCUT2D eigenvalue weighted by Gasteiger charge is 2.08. The van der Waals surface area contributed by atoms with Gasteiger partial charge in [-0.15, -0.1) is 5.73 Å². The molecule has 0 aromatic carbocycles. The molecule has 0 saturated heterocycles. The number of amides is 1. The lowest BCUT2D eigenvalue weighted by Gasteiger charge is -2.14. The zero-order chi connectivity index (χ0) is 10.8.